The Balaban J connectivity index is 5.10. The predicted molar refractivity (Wildman–Crippen MR) is 112 cm³/mol. The molecule has 0 aromatic heterocycles. The van der Waals surface area contributed by atoms with Gasteiger partial charge in [-0.2, -0.15) is 0 Å². The molecule has 0 aliphatic carbocycles. The third-order valence-corrected chi connectivity index (χ3v) is 8.27. The summed E-state index contributed by atoms with van der Waals surface area (Å²) in [5, 5.41) is 10.4. The lowest BCUT2D eigenvalue weighted by Crippen LogP contribution is -2.52. The lowest BCUT2D eigenvalue weighted by atomic mass is 10.0. The summed E-state index contributed by atoms with van der Waals surface area (Å²) >= 11 is 0. The number of unbranched alkanes of at least 4 members (excludes halogenated alkanes) is 2. The zero-order valence-electron chi connectivity index (χ0n) is 18.6. The highest BCUT2D eigenvalue weighted by Gasteiger charge is 2.45. The van der Waals surface area contributed by atoms with Crippen LogP contribution in [-0.2, 0) is 13.3 Å². The summed E-state index contributed by atoms with van der Waals surface area (Å²) in [6.45, 7) is 14.9. The van der Waals surface area contributed by atoms with Gasteiger partial charge in [0, 0.05) is 18.3 Å². The molecule has 0 heterocycles. The monoisotopic (exact) mass is 390 g/mol. The first-order chi connectivity index (χ1) is 12.4. The van der Waals surface area contributed by atoms with E-state index in [1.807, 2.05) is 0 Å². The predicted octanol–water partition coefficient (Wildman–Crippen LogP) is 6.09. The Morgan fingerprint density at radius 1 is 0.769 bits per heavy atom. The van der Waals surface area contributed by atoms with E-state index in [-0.39, 0.29) is 24.4 Å². The van der Waals surface area contributed by atoms with E-state index in [9.17, 15) is 5.11 Å². The summed E-state index contributed by atoms with van der Waals surface area (Å²) in [5.74, 6) is 0. The molecule has 0 spiro atoms. The molecule has 1 N–H and O–H groups in total. The van der Waals surface area contributed by atoms with Crippen LogP contribution in [0.5, 0.6) is 0 Å². The summed E-state index contributed by atoms with van der Waals surface area (Å²) in [4.78, 5) is 0. The molecule has 0 aromatic rings. The van der Waals surface area contributed by atoms with E-state index in [1.54, 1.807) is 0 Å². The maximum atomic E-state index is 10.4. The highest BCUT2D eigenvalue weighted by atomic mass is 28.4. The molecule has 0 saturated carbocycles. The third kappa shape index (κ3) is 11.0. The summed E-state index contributed by atoms with van der Waals surface area (Å²) in [5.41, 5.74) is 0. The Morgan fingerprint density at radius 3 is 1.77 bits per heavy atom. The van der Waals surface area contributed by atoms with Crippen molar-refractivity contribution in [3.05, 3.63) is 0 Å². The summed E-state index contributed by atoms with van der Waals surface area (Å²) in [7, 11) is -2.76. The van der Waals surface area contributed by atoms with Gasteiger partial charge >= 0.3 is 8.80 Å². The topological polar surface area (TPSA) is 47.9 Å². The largest absolute Gasteiger partial charge is 0.501 e. The van der Waals surface area contributed by atoms with Crippen LogP contribution in [-0.4, -0.2) is 38.3 Å². The van der Waals surface area contributed by atoms with Crippen LogP contribution in [0.1, 0.15) is 106 Å². The number of hydrogen-bond acceptors (Lipinski definition) is 4. The lowest BCUT2D eigenvalue weighted by molar-refractivity contribution is -0.0271. The molecule has 0 fully saturated rings. The Bertz CT molecular complexity index is 315. The highest BCUT2D eigenvalue weighted by molar-refractivity contribution is 6.60. The second kappa shape index (κ2) is 15.0. The van der Waals surface area contributed by atoms with Crippen LogP contribution in [0.15, 0.2) is 0 Å². The Labute approximate surface area is 164 Å². The lowest BCUT2D eigenvalue weighted by Gasteiger charge is -2.37. The van der Waals surface area contributed by atoms with Gasteiger partial charge in [0.25, 0.3) is 0 Å². The minimum absolute atomic E-state index is 0.00189. The first kappa shape index (κ1) is 26.1. The smallest absolute Gasteiger partial charge is 0.393 e. The van der Waals surface area contributed by atoms with Gasteiger partial charge in [0.05, 0.1) is 12.2 Å². The van der Waals surface area contributed by atoms with Gasteiger partial charge in [-0.05, 0) is 46.0 Å². The van der Waals surface area contributed by atoms with E-state index in [1.165, 1.54) is 12.8 Å². The van der Waals surface area contributed by atoms with Crippen LogP contribution in [0, 0.1) is 0 Å². The first-order valence-corrected chi connectivity index (χ1v) is 13.0. The van der Waals surface area contributed by atoms with Crippen LogP contribution in [0.3, 0.4) is 0 Å². The maximum Gasteiger partial charge on any atom is 0.501 e. The summed E-state index contributed by atoms with van der Waals surface area (Å²) in [6, 6.07) is 0.837. The van der Waals surface area contributed by atoms with Crippen molar-refractivity contribution >= 4 is 8.80 Å². The van der Waals surface area contributed by atoms with Gasteiger partial charge in [-0.3, -0.25) is 0 Å². The molecule has 0 radical (unpaired) electrons. The number of hydrogen-bond donors (Lipinski definition) is 1. The molecule has 158 valence electrons. The standard InChI is InChI=1S/C21H46O4Si/c1-8-13-14-15-20(22)17-21(12-5)25-26(16-9-2,23-18(6)10-3)24-19(7)11-4/h18-22H,8-17H2,1-7H3. The summed E-state index contributed by atoms with van der Waals surface area (Å²) < 4.78 is 19.4. The van der Waals surface area contributed by atoms with E-state index >= 15 is 0 Å². The Kier molecular flexibility index (Phi) is 15.1. The molecular formula is C21H46O4Si. The van der Waals surface area contributed by atoms with Gasteiger partial charge in [0.15, 0.2) is 0 Å². The second-order valence-corrected chi connectivity index (χ2v) is 10.2. The minimum Gasteiger partial charge on any atom is -0.393 e. The Hall–Kier alpha value is 0.0569. The number of rotatable bonds is 17. The van der Waals surface area contributed by atoms with Gasteiger partial charge in [-0.1, -0.05) is 60.3 Å². The zero-order chi connectivity index (χ0) is 20.0. The molecule has 26 heavy (non-hydrogen) atoms. The Morgan fingerprint density at radius 2 is 1.35 bits per heavy atom. The van der Waals surface area contributed by atoms with Crippen molar-refractivity contribution < 1.29 is 18.4 Å². The molecule has 0 aromatic carbocycles. The van der Waals surface area contributed by atoms with Crippen LogP contribution in [0.25, 0.3) is 0 Å². The van der Waals surface area contributed by atoms with Crippen LogP contribution in [0.2, 0.25) is 6.04 Å². The first-order valence-electron chi connectivity index (χ1n) is 11.1. The van der Waals surface area contributed by atoms with Crippen molar-refractivity contribution in [3.8, 4) is 0 Å². The molecule has 0 aliphatic rings. The zero-order valence-corrected chi connectivity index (χ0v) is 19.6. The van der Waals surface area contributed by atoms with Crippen molar-refractivity contribution in [1.29, 1.82) is 0 Å². The van der Waals surface area contributed by atoms with Crippen molar-refractivity contribution in [2.45, 2.75) is 137 Å². The molecule has 4 unspecified atom stereocenters. The fraction of sp³-hybridized carbons (Fsp3) is 1.00. The van der Waals surface area contributed by atoms with E-state index in [0.717, 1.165) is 44.6 Å². The molecule has 4 atom stereocenters. The van der Waals surface area contributed by atoms with Gasteiger partial charge in [-0.25, -0.2) is 0 Å². The molecule has 0 saturated heterocycles. The van der Waals surface area contributed by atoms with E-state index < -0.39 is 8.80 Å². The molecular weight excluding hydrogens is 344 g/mol. The van der Waals surface area contributed by atoms with E-state index in [4.69, 9.17) is 13.3 Å². The second-order valence-electron chi connectivity index (χ2n) is 7.64. The number of aliphatic hydroxyl groups is 1. The van der Waals surface area contributed by atoms with Gasteiger partial charge in [-0.15, -0.1) is 0 Å². The molecule has 5 heteroatoms. The molecule has 0 bridgehead atoms. The molecule has 0 rings (SSSR count). The SMILES string of the molecule is CCCCCC(O)CC(CC)O[Si](CCC)(OC(C)CC)OC(C)CC. The average Bonchev–Trinajstić information content (AvgIpc) is 2.61. The number of aliphatic hydroxyl groups excluding tert-OH is 1. The van der Waals surface area contributed by atoms with Gasteiger partial charge in [0.1, 0.15) is 0 Å². The van der Waals surface area contributed by atoms with Crippen molar-refractivity contribution in [2.24, 2.45) is 0 Å². The van der Waals surface area contributed by atoms with E-state index in [0.29, 0.717) is 6.42 Å². The molecule has 4 nitrogen and oxygen atoms in total. The molecule has 0 aliphatic heterocycles. The normalized spacial score (nSPS) is 18.9. The van der Waals surface area contributed by atoms with Crippen LogP contribution < -0.4 is 0 Å². The minimum atomic E-state index is -2.76. The van der Waals surface area contributed by atoms with E-state index in [2.05, 4.69) is 48.5 Å². The van der Waals surface area contributed by atoms with Crippen LogP contribution in [0.4, 0.5) is 0 Å². The highest BCUT2D eigenvalue weighted by Crippen LogP contribution is 2.27. The van der Waals surface area contributed by atoms with Crippen LogP contribution >= 0.6 is 0 Å². The maximum absolute atomic E-state index is 10.4. The average molecular weight is 391 g/mol. The van der Waals surface area contributed by atoms with Gasteiger partial charge < -0.3 is 18.4 Å². The van der Waals surface area contributed by atoms with Crippen molar-refractivity contribution in [1.82, 2.24) is 0 Å². The summed E-state index contributed by atoms with van der Waals surface area (Å²) in [6.07, 6.45) is 8.67. The third-order valence-electron chi connectivity index (χ3n) is 4.94. The quantitative estimate of drug-likeness (QED) is 0.241. The molecule has 0 amide bonds. The van der Waals surface area contributed by atoms with Crippen molar-refractivity contribution in [2.75, 3.05) is 0 Å². The fourth-order valence-corrected chi connectivity index (χ4v) is 6.41. The van der Waals surface area contributed by atoms with Crippen molar-refractivity contribution in [3.63, 3.8) is 0 Å². The van der Waals surface area contributed by atoms with Gasteiger partial charge in [0.2, 0.25) is 0 Å². The fourth-order valence-electron chi connectivity index (χ4n) is 2.95.